The highest BCUT2D eigenvalue weighted by molar-refractivity contribution is 5.94. The summed E-state index contributed by atoms with van der Waals surface area (Å²) in [6, 6.07) is 16.5. The first kappa shape index (κ1) is 15.7. The van der Waals surface area contributed by atoms with Gasteiger partial charge in [-0.15, -0.1) is 0 Å². The number of nitrogens with one attached hydrogen (secondary N) is 1. The van der Waals surface area contributed by atoms with E-state index in [1.165, 1.54) is 7.11 Å². The molecule has 2 aromatic carbocycles. The number of carbonyl (C=O) groups is 2. The average Bonchev–Trinajstić information content (AvgIpc) is 2.59. The third kappa shape index (κ3) is 3.71. The Labute approximate surface area is 128 Å². The summed E-state index contributed by atoms with van der Waals surface area (Å²) in [6.07, 6.45) is -1.49. The molecule has 0 heterocycles. The molecule has 0 saturated carbocycles. The van der Waals surface area contributed by atoms with Crippen LogP contribution < -0.4 is 5.32 Å². The van der Waals surface area contributed by atoms with Gasteiger partial charge in [-0.05, 0) is 17.7 Å². The van der Waals surface area contributed by atoms with Crippen LogP contribution in [-0.4, -0.2) is 30.2 Å². The molecule has 5 heteroatoms. The van der Waals surface area contributed by atoms with Crippen molar-refractivity contribution in [3.8, 4) is 0 Å². The van der Waals surface area contributed by atoms with Gasteiger partial charge < -0.3 is 15.2 Å². The summed E-state index contributed by atoms with van der Waals surface area (Å²) >= 11 is 0. The third-order valence-corrected chi connectivity index (χ3v) is 3.24. The normalized spacial score (nSPS) is 13.0. The predicted molar refractivity (Wildman–Crippen MR) is 81.1 cm³/mol. The number of hydrogen-bond donors (Lipinski definition) is 2. The molecule has 1 amide bonds. The van der Waals surface area contributed by atoms with Gasteiger partial charge in [0.1, 0.15) is 0 Å². The van der Waals surface area contributed by atoms with Gasteiger partial charge in [0.2, 0.25) is 0 Å². The maximum atomic E-state index is 12.3. The first-order valence-electron chi connectivity index (χ1n) is 6.80. The Morgan fingerprint density at radius 3 is 2.09 bits per heavy atom. The molecular formula is C17H17NO4. The molecule has 0 saturated heterocycles. The fourth-order valence-electron chi connectivity index (χ4n) is 2.08. The van der Waals surface area contributed by atoms with Crippen LogP contribution in [0.1, 0.15) is 22.0 Å². The number of carbonyl (C=O) groups excluding carboxylic acids is 2. The lowest BCUT2D eigenvalue weighted by molar-refractivity contribution is -0.151. The lowest BCUT2D eigenvalue weighted by atomic mass is 10.0. The van der Waals surface area contributed by atoms with Crippen molar-refractivity contribution >= 4 is 11.9 Å². The van der Waals surface area contributed by atoms with E-state index in [0.717, 1.165) is 0 Å². The molecule has 22 heavy (non-hydrogen) atoms. The number of aliphatic hydroxyl groups excluding tert-OH is 1. The van der Waals surface area contributed by atoms with Crippen molar-refractivity contribution in [2.75, 3.05) is 7.11 Å². The van der Waals surface area contributed by atoms with Crippen LogP contribution in [-0.2, 0) is 9.53 Å². The van der Waals surface area contributed by atoms with Crippen LogP contribution in [0.4, 0.5) is 0 Å². The first-order chi connectivity index (χ1) is 10.6. The van der Waals surface area contributed by atoms with Crippen LogP contribution in [0.15, 0.2) is 60.7 Å². The summed E-state index contributed by atoms with van der Waals surface area (Å²) < 4.78 is 4.56. The van der Waals surface area contributed by atoms with E-state index in [0.29, 0.717) is 11.1 Å². The Kier molecular flexibility index (Phi) is 5.27. The topological polar surface area (TPSA) is 75.6 Å². The maximum absolute atomic E-state index is 12.3. The second-order valence-corrected chi connectivity index (χ2v) is 4.70. The van der Waals surface area contributed by atoms with E-state index < -0.39 is 18.1 Å². The Morgan fingerprint density at radius 2 is 1.55 bits per heavy atom. The molecule has 0 aliphatic carbocycles. The molecule has 0 aliphatic rings. The number of esters is 1. The predicted octanol–water partition coefficient (Wildman–Crippen LogP) is 1.69. The van der Waals surface area contributed by atoms with Crippen molar-refractivity contribution in [1.29, 1.82) is 0 Å². The fraction of sp³-hybridized carbons (Fsp3) is 0.176. The highest BCUT2D eigenvalue weighted by atomic mass is 16.5. The minimum absolute atomic E-state index is 0.377. The minimum atomic E-state index is -1.49. The molecule has 2 N–H and O–H groups in total. The summed E-state index contributed by atoms with van der Waals surface area (Å²) in [5, 5.41) is 12.8. The molecule has 0 unspecified atom stereocenters. The molecule has 2 rings (SSSR count). The Balaban J connectivity index is 2.25. The summed E-state index contributed by atoms with van der Waals surface area (Å²) in [6.45, 7) is 0. The van der Waals surface area contributed by atoms with E-state index in [-0.39, 0.29) is 5.91 Å². The minimum Gasteiger partial charge on any atom is -0.467 e. The fourth-order valence-corrected chi connectivity index (χ4v) is 2.08. The molecule has 114 valence electrons. The number of aliphatic hydroxyl groups is 1. The second-order valence-electron chi connectivity index (χ2n) is 4.70. The van der Waals surface area contributed by atoms with E-state index in [9.17, 15) is 14.7 Å². The Bertz CT molecular complexity index is 628. The van der Waals surface area contributed by atoms with Gasteiger partial charge in [0, 0.05) is 5.56 Å². The summed E-state index contributed by atoms with van der Waals surface area (Å²) in [4.78, 5) is 23.9. The number of amides is 1. The van der Waals surface area contributed by atoms with E-state index in [4.69, 9.17) is 0 Å². The molecule has 0 aliphatic heterocycles. The number of hydrogen-bond acceptors (Lipinski definition) is 4. The van der Waals surface area contributed by atoms with Gasteiger partial charge in [0.15, 0.2) is 6.10 Å². The van der Waals surface area contributed by atoms with Crippen molar-refractivity contribution in [2.24, 2.45) is 0 Å². The van der Waals surface area contributed by atoms with Gasteiger partial charge in [-0.25, -0.2) is 4.79 Å². The largest absolute Gasteiger partial charge is 0.467 e. The van der Waals surface area contributed by atoms with E-state index in [1.807, 2.05) is 6.07 Å². The van der Waals surface area contributed by atoms with Crippen LogP contribution in [0.3, 0.4) is 0 Å². The highest BCUT2D eigenvalue weighted by Gasteiger charge is 2.30. The third-order valence-electron chi connectivity index (χ3n) is 3.24. The van der Waals surface area contributed by atoms with E-state index in [1.54, 1.807) is 54.6 Å². The van der Waals surface area contributed by atoms with Crippen LogP contribution in [0.5, 0.6) is 0 Å². The zero-order valence-electron chi connectivity index (χ0n) is 12.1. The SMILES string of the molecule is COC(=O)[C@H](O)[C@H](NC(=O)c1ccccc1)c1ccccc1. The number of methoxy groups -OCH3 is 1. The smallest absolute Gasteiger partial charge is 0.337 e. The van der Waals surface area contributed by atoms with Gasteiger partial charge in [0.25, 0.3) is 5.91 Å². The average molecular weight is 299 g/mol. The van der Waals surface area contributed by atoms with Gasteiger partial charge in [0.05, 0.1) is 13.2 Å². The van der Waals surface area contributed by atoms with Gasteiger partial charge in [-0.3, -0.25) is 4.79 Å². The first-order valence-corrected chi connectivity index (χ1v) is 6.80. The molecule has 2 atom stereocenters. The molecule has 5 nitrogen and oxygen atoms in total. The van der Waals surface area contributed by atoms with Gasteiger partial charge >= 0.3 is 5.97 Å². The van der Waals surface area contributed by atoms with Crippen molar-refractivity contribution in [2.45, 2.75) is 12.1 Å². The number of rotatable bonds is 5. The summed E-state index contributed by atoms with van der Waals surface area (Å²) in [5.41, 5.74) is 1.06. The quantitative estimate of drug-likeness (QED) is 0.824. The van der Waals surface area contributed by atoms with E-state index in [2.05, 4.69) is 10.1 Å². The van der Waals surface area contributed by atoms with Crippen LogP contribution in [0.25, 0.3) is 0 Å². The highest BCUT2D eigenvalue weighted by Crippen LogP contribution is 2.18. The second kappa shape index (κ2) is 7.38. The molecule has 0 spiro atoms. The van der Waals surface area contributed by atoms with Crippen molar-refractivity contribution in [3.63, 3.8) is 0 Å². The van der Waals surface area contributed by atoms with Crippen molar-refractivity contribution in [3.05, 3.63) is 71.8 Å². The Morgan fingerprint density at radius 1 is 1.00 bits per heavy atom. The molecular weight excluding hydrogens is 282 g/mol. The summed E-state index contributed by atoms with van der Waals surface area (Å²) in [5.74, 6) is -1.18. The van der Waals surface area contributed by atoms with Crippen molar-refractivity contribution in [1.82, 2.24) is 5.32 Å². The lowest BCUT2D eigenvalue weighted by Gasteiger charge is -2.23. The monoisotopic (exact) mass is 299 g/mol. The standard InChI is InChI=1S/C17H17NO4/c1-22-17(21)15(19)14(12-8-4-2-5-9-12)18-16(20)13-10-6-3-7-11-13/h2-11,14-15,19H,1H3,(H,18,20)/t14-,15-/m1/s1. The number of benzene rings is 2. The Hall–Kier alpha value is -2.66. The molecule has 0 bridgehead atoms. The van der Waals surface area contributed by atoms with Gasteiger partial charge in [-0.2, -0.15) is 0 Å². The zero-order valence-corrected chi connectivity index (χ0v) is 12.1. The summed E-state index contributed by atoms with van der Waals surface area (Å²) in [7, 11) is 1.19. The van der Waals surface area contributed by atoms with Gasteiger partial charge in [-0.1, -0.05) is 48.5 Å². The number of ether oxygens (including phenoxy) is 1. The maximum Gasteiger partial charge on any atom is 0.337 e. The van der Waals surface area contributed by atoms with Crippen molar-refractivity contribution < 1.29 is 19.4 Å². The molecule has 0 aromatic heterocycles. The lowest BCUT2D eigenvalue weighted by Crippen LogP contribution is -2.40. The van der Waals surface area contributed by atoms with E-state index >= 15 is 0 Å². The van der Waals surface area contributed by atoms with Crippen LogP contribution in [0, 0.1) is 0 Å². The molecule has 2 aromatic rings. The zero-order chi connectivity index (χ0) is 15.9. The molecule has 0 fully saturated rings. The molecule has 0 radical (unpaired) electrons. The van der Waals surface area contributed by atoms with Crippen LogP contribution in [0.2, 0.25) is 0 Å². The van der Waals surface area contributed by atoms with Crippen LogP contribution >= 0.6 is 0 Å².